The number of fused-ring (bicyclic) bond motifs is 1. The summed E-state index contributed by atoms with van der Waals surface area (Å²) in [4.78, 5) is 4.13. The molecular weight excluding hydrogens is 258 g/mol. The normalized spacial score (nSPS) is 23.2. The summed E-state index contributed by atoms with van der Waals surface area (Å²) in [6.07, 6.45) is 1.23. The van der Waals surface area contributed by atoms with Crippen molar-refractivity contribution in [2.24, 2.45) is 0 Å². The fraction of sp³-hybridized carbons (Fsp3) is 0.636. The lowest BCUT2D eigenvalue weighted by Gasteiger charge is -2.20. The molecule has 2 heterocycles. The zero-order chi connectivity index (χ0) is 10.1. The molecule has 0 radical (unpaired) electrons. The molecule has 1 nitrogen and oxygen atoms in total. The highest BCUT2D eigenvalue weighted by Gasteiger charge is 2.20. The Morgan fingerprint density at radius 2 is 2.43 bits per heavy atom. The fourth-order valence-corrected chi connectivity index (χ4v) is 3.97. The minimum absolute atomic E-state index is 0.690. The van der Waals surface area contributed by atoms with Gasteiger partial charge in [0.05, 0.1) is 3.79 Å². The molecule has 0 spiro atoms. The highest BCUT2D eigenvalue weighted by Crippen LogP contribution is 2.34. The molecule has 0 fully saturated rings. The number of nitrogens with zero attached hydrogens (tertiary/aromatic N) is 1. The third-order valence-corrected chi connectivity index (χ3v) is 4.69. The van der Waals surface area contributed by atoms with Gasteiger partial charge in [-0.3, -0.25) is 0 Å². The second-order valence-electron chi connectivity index (χ2n) is 3.97. The molecule has 1 aromatic rings. The minimum Gasteiger partial charge on any atom is -0.303 e. The molecule has 1 atom stereocenters. The maximum atomic E-state index is 3.58. The third-order valence-electron chi connectivity index (χ3n) is 2.98. The smallest absolute Gasteiger partial charge is 0.0704 e. The van der Waals surface area contributed by atoms with Gasteiger partial charge in [0.15, 0.2) is 0 Å². The number of hydrogen-bond donors (Lipinski definition) is 0. The van der Waals surface area contributed by atoms with Crippen molar-refractivity contribution in [3.63, 3.8) is 0 Å². The van der Waals surface area contributed by atoms with Gasteiger partial charge >= 0.3 is 0 Å². The first-order valence-corrected chi connectivity index (χ1v) is 6.82. The Labute approximate surface area is 98.2 Å². The number of rotatable bonds is 1. The van der Waals surface area contributed by atoms with Crippen LogP contribution in [-0.4, -0.2) is 24.5 Å². The third kappa shape index (κ3) is 2.05. The standard InChI is InChI=1S/C11H16BrNS/c1-3-13-5-4-10-9(8(2)7-13)6-11(12)14-10/h6,8H,3-5,7H2,1-2H3. The van der Waals surface area contributed by atoms with Crippen molar-refractivity contribution in [1.29, 1.82) is 0 Å². The van der Waals surface area contributed by atoms with E-state index in [0.717, 1.165) is 0 Å². The SMILES string of the molecule is CCN1CCc2sc(Br)cc2C(C)C1. The molecule has 0 saturated carbocycles. The average molecular weight is 274 g/mol. The van der Waals surface area contributed by atoms with Gasteiger partial charge in [0, 0.05) is 18.0 Å². The molecular formula is C11H16BrNS. The molecule has 1 aliphatic rings. The van der Waals surface area contributed by atoms with Crippen LogP contribution in [-0.2, 0) is 6.42 Å². The molecule has 0 aromatic carbocycles. The topological polar surface area (TPSA) is 3.24 Å². The van der Waals surface area contributed by atoms with E-state index in [1.165, 1.54) is 29.8 Å². The number of halogens is 1. The van der Waals surface area contributed by atoms with Gasteiger partial charge in [-0.05, 0) is 46.4 Å². The molecule has 3 heteroatoms. The summed E-state index contributed by atoms with van der Waals surface area (Å²) in [6, 6.07) is 2.31. The molecule has 14 heavy (non-hydrogen) atoms. The predicted molar refractivity (Wildman–Crippen MR) is 66.3 cm³/mol. The van der Waals surface area contributed by atoms with Crippen LogP contribution in [0.4, 0.5) is 0 Å². The van der Waals surface area contributed by atoms with Gasteiger partial charge in [0.1, 0.15) is 0 Å². The van der Waals surface area contributed by atoms with E-state index in [2.05, 4.69) is 40.7 Å². The number of thiophene rings is 1. The zero-order valence-corrected chi connectivity index (χ0v) is 11.1. The highest BCUT2D eigenvalue weighted by molar-refractivity contribution is 9.11. The Kier molecular flexibility index (Phi) is 3.30. The van der Waals surface area contributed by atoms with Crippen LogP contribution in [0.15, 0.2) is 9.85 Å². The zero-order valence-electron chi connectivity index (χ0n) is 8.72. The molecule has 2 rings (SSSR count). The van der Waals surface area contributed by atoms with Crippen molar-refractivity contribution in [2.45, 2.75) is 26.2 Å². The first kappa shape index (κ1) is 10.7. The van der Waals surface area contributed by atoms with E-state index in [1.54, 1.807) is 10.4 Å². The molecule has 1 aromatic heterocycles. The first-order chi connectivity index (χ1) is 6.70. The maximum absolute atomic E-state index is 3.58. The lowest BCUT2D eigenvalue weighted by Crippen LogP contribution is -2.27. The predicted octanol–water partition coefficient (Wildman–Crippen LogP) is 3.49. The Morgan fingerprint density at radius 1 is 1.64 bits per heavy atom. The molecule has 0 N–H and O–H groups in total. The van der Waals surface area contributed by atoms with Crippen LogP contribution in [0.5, 0.6) is 0 Å². The molecule has 78 valence electrons. The van der Waals surface area contributed by atoms with Crippen LogP contribution in [0.25, 0.3) is 0 Å². The fourth-order valence-electron chi connectivity index (χ4n) is 2.15. The largest absolute Gasteiger partial charge is 0.303 e. The molecule has 0 amide bonds. The number of hydrogen-bond acceptors (Lipinski definition) is 2. The van der Waals surface area contributed by atoms with Crippen LogP contribution in [0.2, 0.25) is 0 Å². The lowest BCUT2D eigenvalue weighted by molar-refractivity contribution is 0.287. The molecule has 0 aliphatic carbocycles. The van der Waals surface area contributed by atoms with Crippen LogP contribution >= 0.6 is 27.3 Å². The van der Waals surface area contributed by atoms with Crippen LogP contribution in [0.1, 0.15) is 30.2 Å². The Hall–Kier alpha value is 0.140. The van der Waals surface area contributed by atoms with Gasteiger partial charge in [0.25, 0.3) is 0 Å². The van der Waals surface area contributed by atoms with Crippen molar-refractivity contribution in [1.82, 2.24) is 4.90 Å². The second kappa shape index (κ2) is 4.33. The second-order valence-corrected chi connectivity index (χ2v) is 6.49. The van der Waals surface area contributed by atoms with Gasteiger partial charge in [-0.1, -0.05) is 13.8 Å². The van der Waals surface area contributed by atoms with Gasteiger partial charge in [-0.2, -0.15) is 0 Å². The van der Waals surface area contributed by atoms with Gasteiger partial charge in [-0.25, -0.2) is 0 Å². The van der Waals surface area contributed by atoms with Crippen molar-refractivity contribution >= 4 is 27.3 Å². The summed E-state index contributed by atoms with van der Waals surface area (Å²) < 4.78 is 1.29. The van der Waals surface area contributed by atoms with Crippen molar-refractivity contribution in [3.05, 3.63) is 20.3 Å². The monoisotopic (exact) mass is 273 g/mol. The van der Waals surface area contributed by atoms with E-state index in [-0.39, 0.29) is 0 Å². The summed E-state index contributed by atoms with van der Waals surface area (Å²) >= 11 is 5.49. The van der Waals surface area contributed by atoms with E-state index in [9.17, 15) is 0 Å². The van der Waals surface area contributed by atoms with Crippen molar-refractivity contribution in [2.75, 3.05) is 19.6 Å². The summed E-state index contributed by atoms with van der Waals surface area (Å²) in [5.74, 6) is 0.690. The molecule has 0 saturated heterocycles. The molecule has 1 aliphatic heterocycles. The number of likely N-dealkylation sites (N-methyl/N-ethyl adjacent to an activating group) is 1. The van der Waals surface area contributed by atoms with Crippen molar-refractivity contribution in [3.8, 4) is 0 Å². The van der Waals surface area contributed by atoms with Crippen LogP contribution < -0.4 is 0 Å². The average Bonchev–Trinajstić information content (AvgIpc) is 2.47. The van der Waals surface area contributed by atoms with E-state index in [4.69, 9.17) is 0 Å². The summed E-state index contributed by atoms with van der Waals surface area (Å²) in [5.41, 5.74) is 1.57. The lowest BCUT2D eigenvalue weighted by atomic mass is 10.0. The minimum atomic E-state index is 0.690. The van der Waals surface area contributed by atoms with E-state index >= 15 is 0 Å². The van der Waals surface area contributed by atoms with Crippen LogP contribution in [0, 0.1) is 0 Å². The summed E-state index contributed by atoms with van der Waals surface area (Å²) in [7, 11) is 0. The summed E-state index contributed by atoms with van der Waals surface area (Å²) in [6.45, 7) is 8.21. The van der Waals surface area contributed by atoms with E-state index in [0.29, 0.717) is 5.92 Å². The molecule has 1 unspecified atom stereocenters. The summed E-state index contributed by atoms with van der Waals surface area (Å²) in [5, 5.41) is 0. The van der Waals surface area contributed by atoms with E-state index < -0.39 is 0 Å². The van der Waals surface area contributed by atoms with Crippen molar-refractivity contribution < 1.29 is 0 Å². The molecule has 0 bridgehead atoms. The highest BCUT2D eigenvalue weighted by atomic mass is 79.9. The van der Waals surface area contributed by atoms with Gasteiger partial charge in [0.2, 0.25) is 0 Å². The van der Waals surface area contributed by atoms with Crippen LogP contribution in [0.3, 0.4) is 0 Å². The maximum Gasteiger partial charge on any atom is 0.0704 e. The quantitative estimate of drug-likeness (QED) is 0.757. The van der Waals surface area contributed by atoms with Gasteiger partial charge < -0.3 is 4.90 Å². The Morgan fingerprint density at radius 3 is 3.14 bits per heavy atom. The Balaban J connectivity index is 2.24. The van der Waals surface area contributed by atoms with E-state index in [1.807, 2.05) is 11.3 Å². The first-order valence-electron chi connectivity index (χ1n) is 5.21. The Bertz CT molecular complexity index is 321. The van der Waals surface area contributed by atoms with Gasteiger partial charge in [-0.15, -0.1) is 11.3 Å².